The van der Waals surface area contributed by atoms with Crippen LogP contribution in [0.1, 0.15) is 16.2 Å². The smallest absolute Gasteiger partial charge is 0.280 e. The zero-order chi connectivity index (χ0) is 20.2. The Balaban J connectivity index is 1.51. The molecule has 0 aliphatic carbocycles. The molecule has 144 valence electrons. The third-order valence-electron chi connectivity index (χ3n) is 4.53. The number of hydrogen-bond acceptors (Lipinski definition) is 4. The summed E-state index contributed by atoms with van der Waals surface area (Å²) in [6.45, 7) is 1.75. The van der Waals surface area contributed by atoms with Gasteiger partial charge in [-0.25, -0.2) is 4.98 Å². The molecular formula is C24H20N2O3. The first-order chi connectivity index (χ1) is 14.1. The maximum absolute atomic E-state index is 13.0. The number of amides is 1. The monoisotopic (exact) mass is 384 g/mol. The molecule has 29 heavy (non-hydrogen) atoms. The van der Waals surface area contributed by atoms with Crippen molar-refractivity contribution in [1.29, 1.82) is 0 Å². The number of oxazole rings is 1. The van der Waals surface area contributed by atoms with Crippen LogP contribution in [0.15, 0.2) is 89.3 Å². The Hall–Kier alpha value is -3.86. The van der Waals surface area contributed by atoms with Crippen molar-refractivity contribution < 1.29 is 13.9 Å². The normalized spacial score (nSPS) is 10.6. The molecule has 1 aromatic heterocycles. The van der Waals surface area contributed by atoms with Gasteiger partial charge < -0.3 is 14.1 Å². The molecule has 0 bridgehead atoms. The molecule has 1 amide bonds. The second-order valence-electron chi connectivity index (χ2n) is 6.56. The van der Waals surface area contributed by atoms with E-state index in [1.165, 1.54) is 0 Å². The van der Waals surface area contributed by atoms with E-state index in [1.807, 2.05) is 84.9 Å². The van der Waals surface area contributed by atoms with Crippen molar-refractivity contribution in [2.75, 3.05) is 11.9 Å². The van der Waals surface area contributed by atoms with Gasteiger partial charge in [0.1, 0.15) is 17.3 Å². The predicted octanol–water partition coefficient (Wildman–Crippen LogP) is 5.72. The molecular weight excluding hydrogens is 364 g/mol. The van der Waals surface area contributed by atoms with Crippen molar-refractivity contribution in [2.45, 2.75) is 6.92 Å². The minimum absolute atomic E-state index is 0.231. The zero-order valence-corrected chi connectivity index (χ0v) is 16.2. The van der Waals surface area contributed by atoms with Gasteiger partial charge in [0.2, 0.25) is 5.89 Å². The Morgan fingerprint density at radius 1 is 0.862 bits per heavy atom. The molecule has 0 aliphatic heterocycles. The molecule has 0 atom stereocenters. The number of carbonyl (C=O) groups is 1. The van der Waals surface area contributed by atoms with E-state index >= 15 is 0 Å². The highest BCUT2D eigenvalue weighted by molar-refractivity contribution is 6.05. The Labute approximate surface area is 169 Å². The number of benzene rings is 3. The lowest BCUT2D eigenvalue weighted by Gasteiger charge is -2.16. The largest absolute Gasteiger partial charge is 0.457 e. The molecule has 5 heteroatoms. The lowest BCUT2D eigenvalue weighted by atomic mass is 10.2. The van der Waals surface area contributed by atoms with Gasteiger partial charge in [-0.2, -0.15) is 0 Å². The highest BCUT2D eigenvalue weighted by Crippen LogP contribution is 2.26. The van der Waals surface area contributed by atoms with Crippen molar-refractivity contribution in [3.8, 4) is 23.0 Å². The quantitative estimate of drug-likeness (QED) is 0.442. The number of ether oxygens (including phenoxy) is 1. The Kier molecular flexibility index (Phi) is 5.12. The average Bonchev–Trinajstić information content (AvgIpc) is 3.16. The summed E-state index contributed by atoms with van der Waals surface area (Å²) in [6, 6.07) is 26.4. The molecule has 0 N–H and O–H groups in total. The number of aromatic nitrogens is 1. The van der Waals surface area contributed by atoms with E-state index in [0.29, 0.717) is 23.1 Å². The van der Waals surface area contributed by atoms with Gasteiger partial charge in [0.15, 0.2) is 5.69 Å². The van der Waals surface area contributed by atoms with Crippen LogP contribution in [0.3, 0.4) is 0 Å². The van der Waals surface area contributed by atoms with E-state index < -0.39 is 0 Å². The first-order valence-electron chi connectivity index (χ1n) is 9.25. The first kappa shape index (κ1) is 18.5. The van der Waals surface area contributed by atoms with Crippen molar-refractivity contribution in [3.63, 3.8) is 0 Å². The van der Waals surface area contributed by atoms with E-state index in [-0.39, 0.29) is 5.91 Å². The molecule has 4 rings (SSSR count). The van der Waals surface area contributed by atoms with Crippen LogP contribution in [0.5, 0.6) is 11.5 Å². The summed E-state index contributed by atoms with van der Waals surface area (Å²) in [7, 11) is 1.71. The summed E-state index contributed by atoms with van der Waals surface area (Å²) in [6.07, 6.45) is 0. The summed E-state index contributed by atoms with van der Waals surface area (Å²) in [4.78, 5) is 18.9. The number of rotatable bonds is 5. The minimum Gasteiger partial charge on any atom is -0.457 e. The average molecular weight is 384 g/mol. The topological polar surface area (TPSA) is 55.6 Å². The van der Waals surface area contributed by atoms with Crippen LogP contribution in [-0.2, 0) is 0 Å². The summed E-state index contributed by atoms with van der Waals surface area (Å²) >= 11 is 0. The van der Waals surface area contributed by atoms with E-state index in [0.717, 1.165) is 17.0 Å². The number of hydrogen-bond donors (Lipinski definition) is 0. The molecule has 4 aromatic rings. The fourth-order valence-electron chi connectivity index (χ4n) is 2.94. The lowest BCUT2D eigenvalue weighted by molar-refractivity contribution is 0.0987. The molecule has 0 unspecified atom stereocenters. The summed E-state index contributed by atoms with van der Waals surface area (Å²) in [5, 5.41) is 0. The van der Waals surface area contributed by atoms with Crippen LogP contribution >= 0.6 is 0 Å². The maximum atomic E-state index is 13.0. The fraction of sp³-hybridized carbons (Fsp3) is 0.0833. The fourth-order valence-corrected chi connectivity index (χ4v) is 2.94. The van der Waals surface area contributed by atoms with Crippen molar-refractivity contribution >= 4 is 11.6 Å². The minimum atomic E-state index is -0.231. The van der Waals surface area contributed by atoms with Crippen molar-refractivity contribution in [3.05, 3.63) is 96.4 Å². The number of nitrogens with zero attached hydrogens (tertiary/aromatic N) is 2. The van der Waals surface area contributed by atoms with Gasteiger partial charge in [0.05, 0.1) is 0 Å². The highest BCUT2D eigenvalue weighted by Gasteiger charge is 2.22. The Morgan fingerprint density at radius 3 is 2.10 bits per heavy atom. The lowest BCUT2D eigenvalue weighted by Crippen LogP contribution is -2.27. The van der Waals surface area contributed by atoms with Gasteiger partial charge in [0.25, 0.3) is 5.91 Å². The number of anilines is 1. The molecule has 1 heterocycles. The summed E-state index contributed by atoms with van der Waals surface area (Å²) in [5.41, 5.74) is 1.87. The van der Waals surface area contributed by atoms with Gasteiger partial charge in [-0.15, -0.1) is 0 Å². The van der Waals surface area contributed by atoms with Crippen LogP contribution in [0.25, 0.3) is 11.5 Å². The maximum Gasteiger partial charge on any atom is 0.280 e. The molecule has 5 nitrogen and oxygen atoms in total. The molecule has 0 saturated carbocycles. The predicted molar refractivity (Wildman–Crippen MR) is 112 cm³/mol. The van der Waals surface area contributed by atoms with Gasteiger partial charge in [-0.05, 0) is 55.5 Å². The van der Waals surface area contributed by atoms with Crippen LogP contribution in [-0.4, -0.2) is 17.9 Å². The van der Waals surface area contributed by atoms with E-state index in [1.54, 1.807) is 18.9 Å². The zero-order valence-electron chi connectivity index (χ0n) is 16.2. The second kappa shape index (κ2) is 8.02. The molecule has 0 saturated heterocycles. The third kappa shape index (κ3) is 4.04. The molecule has 3 aromatic carbocycles. The number of aryl methyl sites for hydroxylation is 1. The number of para-hydroxylation sites is 1. The van der Waals surface area contributed by atoms with Gasteiger partial charge in [0, 0.05) is 18.3 Å². The number of carbonyl (C=O) groups excluding carboxylic acids is 1. The first-order valence-corrected chi connectivity index (χ1v) is 9.25. The summed E-state index contributed by atoms with van der Waals surface area (Å²) in [5.74, 6) is 2.16. The van der Waals surface area contributed by atoms with E-state index in [4.69, 9.17) is 9.15 Å². The van der Waals surface area contributed by atoms with E-state index in [9.17, 15) is 4.79 Å². The van der Waals surface area contributed by atoms with Crippen LogP contribution in [0, 0.1) is 6.92 Å². The van der Waals surface area contributed by atoms with Crippen LogP contribution in [0.4, 0.5) is 5.69 Å². The Bertz CT molecular complexity index is 1100. The van der Waals surface area contributed by atoms with Crippen molar-refractivity contribution in [1.82, 2.24) is 4.98 Å². The van der Waals surface area contributed by atoms with Crippen molar-refractivity contribution in [2.24, 2.45) is 0 Å². The highest BCUT2D eigenvalue weighted by atomic mass is 16.5. The molecule has 0 spiro atoms. The molecule has 0 aliphatic rings. The van der Waals surface area contributed by atoms with Crippen LogP contribution < -0.4 is 9.64 Å². The standard InChI is InChI=1S/C24H20N2O3/c1-17-22(25-23(28-17)18-9-5-3-6-10-18)24(27)26(2)19-13-15-21(16-14-19)29-20-11-7-4-8-12-20/h3-16H,1-2H3. The van der Waals surface area contributed by atoms with E-state index in [2.05, 4.69) is 4.98 Å². The van der Waals surface area contributed by atoms with Gasteiger partial charge in [-0.3, -0.25) is 4.79 Å². The van der Waals surface area contributed by atoms with Crippen LogP contribution in [0.2, 0.25) is 0 Å². The van der Waals surface area contributed by atoms with Gasteiger partial charge >= 0.3 is 0 Å². The summed E-state index contributed by atoms with van der Waals surface area (Å²) < 4.78 is 11.5. The second-order valence-corrected chi connectivity index (χ2v) is 6.56. The van der Waals surface area contributed by atoms with Gasteiger partial charge in [-0.1, -0.05) is 36.4 Å². The SMILES string of the molecule is Cc1oc(-c2ccccc2)nc1C(=O)N(C)c1ccc(Oc2ccccc2)cc1. The third-order valence-corrected chi connectivity index (χ3v) is 4.53. The Morgan fingerprint density at radius 2 is 1.45 bits per heavy atom. The molecule has 0 fully saturated rings. The molecule has 0 radical (unpaired) electrons.